The van der Waals surface area contributed by atoms with Gasteiger partial charge in [-0.3, -0.25) is 19.2 Å². The van der Waals surface area contributed by atoms with E-state index in [1.165, 1.54) is 25.4 Å². The van der Waals surface area contributed by atoms with Crippen molar-refractivity contribution in [2.45, 2.75) is 32.2 Å². The number of carbonyl (C=O) groups is 5. The predicted octanol–water partition coefficient (Wildman–Crippen LogP) is 3.17. The number of hydrogen-bond donors (Lipinski definition) is 2. The van der Waals surface area contributed by atoms with Crippen molar-refractivity contribution in [3.8, 4) is 17.2 Å². The van der Waals surface area contributed by atoms with E-state index >= 15 is 0 Å². The molecule has 12 heteroatoms. The maximum atomic E-state index is 13.8. The Bertz CT molecular complexity index is 1670. The van der Waals surface area contributed by atoms with Crippen LogP contribution in [0.3, 0.4) is 0 Å². The molecule has 2 aromatic carbocycles. The van der Waals surface area contributed by atoms with Gasteiger partial charge in [0.1, 0.15) is 39.9 Å². The Balaban J connectivity index is 1.37. The molecule has 0 radical (unpaired) electrons. The topological polar surface area (TPSA) is 149 Å². The molecule has 0 spiro atoms. The van der Waals surface area contributed by atoms with Crippen LogP contribution in [0.25, 0.3) is 10.1 Å². The molecule has 3 heterocycles. The van der Waals surface area contributed by atoms with Crippen molar-refractivity contribution in [3.63, 3.8) is 0 Å². The summed E-state index contributed by atoms with van der Waals surface area (Å²) < 4.78 is 17.9. The zero-order valence-corrected chi connectivity index (χ0v) is 22.3. The second-order valence-electron chi connectivity index (χ2n) is 9.76. The highest BCUT2D eigenvalue weighted by Gasteiger charge is 2.59. The first-order valence-electron chi connectivity index (χ1n) is 12.2. The summed E-state index contributed by atoms with van der Waals surface area (Å²) >= 11 is 1.49. The van der Waals surface area contributed by atoms with E-state index in [9.17, 15) is 29.1 Å². The number of allylic oxidation sites excluding steroid dienone is 2. The normalized spacial score (nSPS) is 23.1. The second-order valence-corrected chi connectivity index (χ2v) is 10.9. The van der Waals surface area contributed by atoms with E-state index in [0.717, 1.165) is 38.9 Å². The summed E-state index contributed by atoms with van der Waals surface area (Å²) in [4.78, 5) is 66.7. The van der Waals surface area contributed by atoms with Gasteiger partial charge < -0.3 is 24.6 Å². The van der Waals surface area contributed by atoms with Crippen LogP contribution in [0.4, 0.5) is 4.79 Å². The number of phenols is 1. The third-order valence-corrected chi connectivity index (χ3v) is 8.45. The van der Waals surface area contributed by atoms with Gasteiger partial charge in [-0.2, -0.15) is 4.90 Å². The van der Waals surface area contributed by atoms with Crippen LogP contribution >= 0.6 is 11.3 Å². The number of imide groups is 1. The summed E-state index contributed by atoms with van der Waals surface area (Å²) in [6.07, 6.45) is -0.440. The number of hydrogen-bond acceptors (Lipinski definition) is 10. The van der Waals surface area contributed by atoms with Gasteiger partial charge in [-0.05, 0) is 31.4 Å². The molecule has 0 saturated carbocycles. The zero-order valence-electron chi connectivity index (χ0n) is 21.5. The lowest BCUT2D eigenvalue weighted by atomic mass is 9.67. The number of phenolic OH excluding ortho intramolecular Hbond substituents is 1. The number of Topliss-reactive ketones (excluding diaryl/α,β-unsaturated/α-hetero) is 2. The lowest BCUT2D eigenvalue weighted by molar-refractivity contribution is -0.140. The van der Waals surface area contributed by atoms with Crippen LogP contribution in [0.2, 0.25) is 0 Å². The molecule has 1 aliphatic carbocycles. The van der Waals surface area contributed by atoms with Gasteiger partial charge in [-0.25, -0.2) is 4.79 Å². The maximum Gasteiger partial charge on any atom is 0.329 e. The van der Waals surface area contributed by atoms with Gasteiger partial charge in [0.2, 0.25) is 0 Å². The largest absolute Gasteiger partial charge is 0.507 e. The number of benzene rings is 2. The molecule has 1 aromatic heterocycles. The molecule has 40 heavy (non-hydrogen) atoms. The van der Waals surface area contributed by atoms with Crippen LogP contribution in [-0.4, -0.2) is 52.8 Å². The van der Waals surface area contributed by atoms with Crippen LogP contribution in [-0.2, 0) is 31.1 Å². The highest BCUT2D eigenvalue weighted by Crippen LogP contribution is 2.57. The number of nitrogens with one attached hydrogen (secondary N) is 1. The van der Waals surface area contributed by atoms with Crippen molar-refractivity contribution in [3.05, 3.63) is 64.2 Å². The average Bonchev–Trinajstić information content (AvgIpc) is 3.46. The number of fused-ring (bicyclic) bond motifs is 6. The third-order valence-electron chi connectivity index (χ3n) is 7.33. The van der Waals surface area contributed by atoms with Gasteiger partial charge >= 0.3 is 6.03 Å². The minimum Gasteiger partial charge on any atom is -0.507 e. The number of ether oxygens (including phenoxy) is 3. The Morgan fingerprint density at radius 3 is 2.65 bits per heavy atom. The van der Waals surface area contributed by atoms with Gasteiger partial charge in [0.25, 0.3) is 12.3 Å². The standard InChI is InChI=1S/C28H22N2O9S/c1-12(31)20-15(32)10-19-28(2,24(20)34)22-16(33)9-17-21(23(22)39-19)25(35)30(27(37-3)38-17)26(36)29-11-14-8-13-6-4-5-7-18(13)40-14/h4-10,20,27,33H,11H2,1-3H3,(H,29,36)/t20?,27?,28-/m1/s1. The van der Waals surface area contributed by atoms with E-state index < -0.39 is 52.8 Å². The summed E-state index contributed by atoms with van der Waals surface area (Å²) in [6.45, 7) is 2.66. The first-order chi connectivity index (χ1) is 19.1. The number of ketones is 3. The Morgan fingerprint density at radius 1 is 1.20 bits per heavy atom. The number of aromatic hydroxyl groups is 1. The minimum absolute atomic E-state index is 0.0975. The first kappa shape index (κ1) is 25.7. The molecule has 11 nitrogen and oxygen atoms in total. The van der Waals surface area contributed by atoms with Crippen molar-refractivity contribution in [2.24, 2.45) is 5.92 Å². The van der Waals surface area contributed by atoms with Crippen LogP contribution in [0.5, 0.6) is 17.2 Å². The lowest BCUT2D eigenvalue weighted by Crippen LogP contribution is -2.54. The fourth-order valence-corrected chi connectivity index (χ4v) is 6.37. The molecule has 0 bridgehead atoms. The van der Waals surface area contributed by atoms with E-state index in [1.807, 2.05) is 30.3 Å². The second kappa shape index (κ2) is 9.00. The third kappa shape index (κ3) is 3.56. The molecule has 6 rings (SSSR count). The molecule has 3 atom stereocenters. The number of amides is 3. The maximum absolute atomic E-state index is 13.8. The summed E-state index contributed by atoms with van der Waals surface area (Å²) in [5.41, 5.74) is -2.06. The van der Waals surface area contributed by atoms with E-state index in [4.69, 9.17) is 14.2 Å². The number of urea groups is 1. The summed E-state index contributed by atoms with van der Waals surface area (Å²) in [7, 11) is 1.24. The highest BCUT2D eigenvalue weighted by atomic mass is 32.1. The van der Waals surface area contributed by atoms with Crippen molar-refractivity contribution < 1.29 is 43.3 Å². The van der Waals surface area contributed by atoms with Crippen LogP contribution in [0, 0.1) is 5.92 Å². The molecule has 2 N–H and O–H groups in total. The van der Waals surface area contributed by atoms with Gasteiger partial charge in [-0.15, -0.1) is 11.3 Å². The van der Waals surface area contributed by atoms with Crippen molar-refractivity contribution in [2.75, 3.05) is 7.11 Å². The smallest absolute Gasteiger partial charge is 0.329 e. The molecule has 204 valence electrons. The SMILES string of the molecule is COC1Oc2cc(O)c3c(c2C(=O)N1C(=O)NCc1cc2ccccc2s1)OC1=CC(=O)C(C(C)=O)C(=O)[C@]13C. The molecule has 0 saturated heterocycles. The van der Waals surface area contributed by atoms with Gasteiger partial charge in [0.05, 0.1) is 12.1 Å². The zero-order chi connectivity index (χ0) is 28.5. The number of rotatable bonds is 4. The van der Waals surface area contributed by atoms with Crippen molar-refractivity contribution >= 4 is 50.7 Å². The number of carbonyl (C=O) groups excluding carboxylic acids is 5. The van der Waals surface area contributed by atoms with Crippen molar-refractivity contribution in [1.82, 2.24) is 10.2 Å². The molecular formula is C28H22N2O9S. The number of thiophene rings is 1. The molecule has 3 aliphatic rings. The van der Waals surface area contributed by atoms with Crippen LogP contribution in [0.1, 0.15) is 34.6 Å². The monoisotopic (exact) mass is 562 g/mol. The Morgan fingerprint density at radius 2 is 1.95 bits per heavy atom. The summed E-state index contributed by atoms with van der Waals surface area (Å²) in [6, 6.07) is 9.99. The van der Waals surface area contributed by atoms with E-state index in [1.54, 1.807) is 0 Å². The average molecular weight is 563 g/mol. The molecule has 3 amide bonds. The molecular weight excluding hydrogens is 540 g/mol. The van der Waals surface area contributed by atoms with Gasteiger partial charge in [0, 0.05) is 28.8 Å². The molecule has 0 fully saturated rings. The van der Waals surface area contributed by atoms with Crippen molar-refractivity contribution in [1.29, 1.82) is 0 Å². The summed E-state index contributed by atoms with van der Waals surface area (Å²) in [5, 5.41) is 14.7. The Hall–Kier alpha value is -4.55. The van der Waals surface area contributed by atoms with E-state index in [2.05, 4.69) is 5.32 Å². The van der Waals surface area contributed by atoms with E-state index in [-0.39, 0.29) is 34.9 Å². The highest BCUT2D eigenvalue weighted by molar-refractivity contribution is 7.19. The summed E-state index contributed by atoms with van der Waals surface area (Å²) in [5.74, 6) is -5.61. The van der Waals surface area contributed by atoms with E-state index in [0.29, 0.717) is 0 Å². The number of nitrogens with zero attached hydrogens (tertiary/aromatic N) is 1. The van der Waals surface area contributed by atoms with Gasteiger partial charge in [-0.1, -0.05) is 18.2 Å². The fourth-order valence-electron chi connectivity index (χ4n) is 5.36. The molecule has 2 unspecified atom stereocenters. The first-order valence-corrected chi connectivity index (χ1v) is 13.0. The molecule has 2 aliphatic heterocycles. The van der Waals surface area contributed by atoms with Crippen LogP contribution < -0.4 is 14.8 Å². The Kier molecular flexibility index (Phi) is 5.78. The predicted molar refractivity (Wildman–Crippen MR) is 140 cm³/mol. The number of methoxy groups -OCH3 is 1. The van der Waals surface area contributed by atoms with Gasteiger partial charge in [0.15, 0.2) is 17.3 Å². The quantitative estimate of drug-likeness (QED) is 0.457. The fraction of sp³-hybridized carbons (Fsp3) is 0.250. The van der Waals surface area contributed by atoms with Crippen LogP contribution in [0.15, 0.2) is 48.2 Å². The minimum atomic E-state index is -1.72. The lowest BCUT2D eigenvalue weighted by Gasteiger charge is -2.34. The Labute approximate surface area is 230 Å². The molecule has 3 aromatic rings.